The van der Waals surface area contributed by atoms with E-state index >= 15 is 0 Å². The van der Waals surface area contributed by atoms with Crippen molar-refractivity contribution in [1.29, 1.82) is 0 Å². The normalized spacial score (nSPS) is 31.9. The van der Waals surface area contributed by atoms with E-state index in [1.54, 1.807) is 5.57 Å². The van der Waals surface area contributed by atoms with Crippen molar-refractivity contribution in [2.24, 2.45) is 5.92 Å². The molecule has 0 N–H and O–H groups in total. The molecule has 0 aromatic heterocycles. The van der Waals surface area contributed by atoms with E-state index in [0.717, 1.165) is 6.61 Å². The zero-order chi connectivity index (χ0) is 6.97. The maximum absolute atomic E-state index is 5.55. The summed E-state index contributed by atoms with van der Waals surface area (Å²) in [5.74, 6) is 2.05. The molecule has 0 spiro atoms. The van der Waals surface area contributed by atoms with Crippen molar-refractivity contribution in [3.8, 4) is 0 Å². The fourth-order valence-corrected chi connectivity index (χ4v) is 2.00. The Bertz CT molecular complexity index is 170. The predicted octanol–water partition coefficient (Wildman–Crippen LogP) is 2.48. The second-order valence-corrected chi connectivity index (χ2v) is 3.36. The third-order valence-corrected chi connectivity index (χ3v) is 2.57. The average molecular weight is 138 g/mol. The first kappa shape index (κ1) is 6.26. The molecule has 1 heterocycles. The van der Waals surface area contributed by atoms with Crippen LogP contribution in [-0.4, -0.2) is 6.61 Å². The molecule has 0 amide bonds. The first-order valence-electron chi connectivity index (χ1n) is 4.22. The van der Waals surface area contributed by atoms with Crippen LogP contribution >= 0.6 is 0 Å². The van der Waals surface area contributed by atoms with Gasteiger partial charge in [0.2, 0.25) is 0 Å². The topological polar surface area (TPSA) is 9.23 Å². The SMILES string of the molecule is CC1CCCC2=C1OCC2. The molecule has 1 atom stereocenters. The van der Waals surface area contributed by atoms with E-state index in [-0.39, 0.29) is 0 Å². The second-order valence-electron chi connectivity index (χ2n) is 3.36. The van der Waals surface area contributed by atoms with Crippen molar-refractivity contribution in [3.05, 3.63) is 11.3 Å². The zero-order valence-electron chi connectivity index (χ0n) is 6.52. The number of hydrogen-bond acceptors (Lipinski definition) is 1. The molecule has 0 fully saturated rings. The summed E-state index contributed by atoms with van der Waals surface area (Å²) in [6, 6.07) is 0. The summed E-state index contributed by atoms with van der Waals surface area (Å²) in [5, 5.41) is 0. The van der Waals surface area contributed by atoms with Crippen molar-refractivity contribution in [1.82, 2.24) is 0 Å². The summed E-state index contributed by atoms with van der Waals surface area (Å²) >= 11 is 0. The standard InChI is InChI=1S/C9H14O/c1-7-3-2-4-8-5-6-10-9(7)8/h7H,2-6H2,1H3. The maximum Gasteiger partial charge on any atom is 0.0981 e. The van der Waals surface area contributed by atoms with Crippen LogP contribution in [0.5, 0.6) is 0 Å². The third kappa shape index (κ3) is 0.845. The lowest BCUT2D eigenvalue weighted by atomic mass is 9.90. The summed E-state index contributed by atoms with van der Waals surface area (Å²) in [6.07, 6.45) is 5.22. The van der Waals surface area contributed by atoms with E-state index in [2.05, 4.69) is 6.92 Å². The van der Waals surface area contributed by atoms with E-state index in [1.807, 2.05) is 0 Å². The summed E-state index contributed by atoms with van der Waals surface area (Å²) in [4.78, 5) is 0. The minimum Gasteiger partial charge on any atom is -0.497 e. The van der Waals surface area contributed by atoms with E-state index < -0.39 is 0 Å². The number of rotatable bonds is 0. The number of hydrogen-bond donors (Lipinski definition) is 0. The molecule has 1 aliphatic carbocycles. The third-order valence-electron chi connectivity index (χ3n) is 2.57. The first-order chi connectivity index (χ1) is 4.88. The molecular formula is C9H14O. The highest BCUT2D eigenvalue weighted by atomic mass is 16.5. The molecule has 0 saturated heterocycles. The minimum atomic E-state index is 0.714. The van der Waals surface area contributed by atoms with Crippen molar-refractivity contribution < 1.29 is 4.74 Å². The van der Waals surface area contributed by atoms with Gasteiger partial charge in [0, 0.05) is 12.3 Å². The highest BCUT2D eigenvalue weighted by molar-refractivity contribution is 5.17. The van der Waals surface area contributed by atoms with Crippen LogP contribution in [0.15, 0.2) is 11.3 Å². The van der Waals surface area contributed by atoms with E-state index in [9.17, 15) is 0 Å². The van der Waals surface area contributed by atoms with E-state index in [1.165, 1.54) is 31.4 Å². The minimum absolute atomic E-state index is 0.714. The van der Waals surface area contributed by atoms with Crippen LogP contribution in [0.3, 0.4) is 0 Å². The van der Waals surface area contributed by atoms with Crippen molar-refractivity contribution >= 4 is 0 Å². The van der Waals surface area contributed by atoms with Crippen LogP contribution in [0, 0.1) is 5.92 Å². The van der Waals surface area contributed by atoms with Crippen LogP contribution in [0.1, 0.15) is 32.6 Å². The number of allylic oxidation sites excluding steroid dienone is 1. The van der Waals surface area contributed by atoms with Gasteiger partial charge in [-0.2, -0.15) is 0 Å². The molecule has 0 bridgehead atoms. The largest absolute Gasteiger partial charge is 0.497 e. The Morgan fingerprint density at radius 1 is 1.40 bits per heavy atom. The predicted molar refractivity (Wildman–Crippen MR) is 40.6 cm³/mol. The second kappa shape index (κ2) is 2.30. The molecule has 1 heteroatoms. The molecule has 1 unspecified atom stereocenters. The molecule has 1 aliphatic heterocycles. The van der Waals surface area contributed by atoms with E-state index in [4.69, 9.17) is 4.74 Å². The molecule has 0 radical (unpaired) electrons. The lowest BCUT2D eigenvalue weighted by Gasteiger charge is -2.19. The van der Waals surface area contributed by atoms with Gasteiger partial charge in [-0.15, -0.1) is 0 Å². The highest BCUT2D eigenvalue weighted by Gasteiger charge is 2.24. The van der Waals surface area contributed by atoms with Gasteiger partial charge in [0.15, 0.2) is 0 Å². The Balaban J connectivity index is 2.22. The first-order valence-corrected chi connectivity index (χ1v) is 4.22. The van der Waals surface area contributed by atoms with Crippen molar-refractivity contribution in [2.45, 2.75) is 32.6 Å². The van der Waals surface area contributed by atoms with Gasteiger partial charge in [-0.1, -0.05) is 6.92 Å². The quantitative estimate of drug-likeness (QED) is 0.499. The van der Waals surface area contributed by atoms with Gasteiger partial charge in [0.05, 0.1) is 12.4 Å². The fourth-order valence-electron chi connectivity index (χ4n) is 2.00. The molecule has 0 aromatic carbocycles. The Hall–Kier alpha value is -0.460. The Kier molecular flexibility index (Phi) is 1.44. The molecule has 10 heavy (non-hydrogen) atoms. The van der Waals surface area contributed by atoms with Gasteiger partial charge in [-0.25, -0.2) is 0 Å². The molecule has 0 aromatic rings. The summed E-state index contributed by atoms with van der Waals surface area (Å²) in [6.45, 7) is 3.23. The summed E-state index contributed by atoms with van der Waals surface area (Å²) in [7, 11) is 0. The lowest BCUT2D eigenvalue weighted by Crippen LogP contribution is -2.06. The smallest absolute Gasteiger partial charge is 0.0981 e. The van der Waals surface area contributed by atoms with Crippen LogP contribution in [0.25, 0.3) is 0 Å². The van der Waals surface area contributed by atoms with E-state index in [0.29, 0.717) is 5.92 Å². The van der Waals surface area contributed by atoms with Gasteiger partial charge >= 0.3 is 0 Å². The van der Waals surface area contributed by atoms with Gasteiger partial charge in [-0.05, 0) is 24.8 Å². The average Bonchev–Trinajstić information content (AvgIpc) is 2.36. The van der Waals surface area contributed by atoms with Gasteiger partial charge < -0.3 is 4.74 Å². The van der Waals surface area contributed by atoms with Crippen LogP contribution in [0.2, 0.25) is 0 Å². The summed E-state index contributed by atoms with van der Waals surface area (Å²) in [5.41, 5.74) is 1.61. The Labute approximate surface area is 62.1 Å². The molecule has 2 aliphatic rings. The van der Waals surface area contributed by atoms with Gasteiger partial charge in [0.1, 0.15) is 0 Å². The molecule has 2 rings (SSSR count). The molecule has 56 valence electrons. The van der Waals surface area contributed by atoms with Crippen LogP contribution < -0.4 is 0 Å². The summed E-state index contributed by atoms with van der Waals surface area (Å²) < 4.78 is 5.55. The molecular weight excluding hydrogens is 124 g/mol. The molecule has 0 saturated carbocycles. The monoisotopic (exact) mass is 138 g/mol. The Morgan fingerprint density at radius 3 is 3.10 bits per heavy atom. The van der Waals surface area contributed by atoms with Gasteiger partial charge in [0.25, 0.3) is 0 Å². The van der Waals surface area contributed by atoms with Crippen molar-refractivity contribution in [2.75, 3.05) is 6.61 Å². The van der Waals surface area contributed by atoms with Crippen molar-refractivity contribution in [3.63, 3.8) is 0 Å². The fraction of sp³-hybridized carbons (Fsp3) is 0.778. The van der Waals surface area contributed by atoms with Crippen LogP contribution in [-0.2, 0) is 4.74 Å². The molecule has 1 nitrogen and oxygen atoms in total. The maximum atomic E-state index is 5.55. The lowest BCUT2D eigenvalue weighted by molar-refractivity contribution is 0.204. The van der Waals surface area contributed by atoms with Crippen LogP contribution in [0.4, 0.5) is 0 Å². The Morgan fingerprint density at radius 2 is 2.30 bits per heavy atom. The zero-order valence-corrected chi connectivity index (χ0v) is 6.52. The highest BCUT2D eigenvalue weighted by Crippen LogP contribution is 2.35. The number of ether oxygens (including phenoxy) is 1. The van der Waals surface area contributed by atoms with Gasteiger partial charge in [-0.3, -0.25) is 0 Å².